The Kier molecular flexibility index (Phi) is 9.45. The van der Waals surface area contributed by atoms with E-state index in [1.807, 2.05) is 23.5 Å². The van der Waals surface area contributed by atoms with Crippen LogP contribution in [0, 0.1) is 0 Å². The number of rotatable bonds is 5. The lowest BCUT2D eigenvalue weighted by atomic mass is 9.67. The molecule has 0 amide bonds. The van der Waals surface area contributed by atoms with Crippen molar-refractivity contribution in [3.63, 3.8) is 0 Å². The molecule has 364 valence electrons. The van der Waals surface area contributed by atoms with Crippen molar-refractivity contribution in [2.24, 2.45) is 0 Å². The average Bonchev–Trinajstić information content (AvgIpc) is 4.29. The predicted octanol–water partition coefficient (Wildman–Crippen LogP) is 19.6. The zero-order valence-corrected chi connectivity index (χ0v) is 43.9. The zero-order chi connectivity index (χ0) is 51.1. The molecule has 78 heavy (non-hydrogen) atoms. The first-order valence-electron chi connectivity index (χ1n) is 26.9. The summed E-state index contributed by atoms with van der Waals surface area (Å²) in [7, 11) is 0. The molecule has 2 aliphatic heterocycles. The predicted molar refractivity (Wildman–Crippen MR) is 324 cm³/mol. The number of hydrogen-bond acceptors (Lipinski definition) is 3. The summed E-state index contributed by atoms with van der Waals surface area (Å²) in [6.07, 6.45) is 0. The van der Waals surface area contributed by atoms with Crippen molar-refractivity contribution in [1.29, 1.82) is 0 Å². The molecule has 17 rings (SSSR count). The standard InChI is InChI=1S/C74H46N2S2/c1-2-18-49(19-3-1)76-67-29-13-6-22-57(67)58-41-36-48(44-68(58)76)47-34-37-50(38-35-47)75(51-39-42-55-53-20-4-7-23-59(53)73(65(55)45-51)61-25-9-14-30-69(61)77-70-31-15-10-26-62(70)73)52-40-43-56-54-21-5-8-24-60(54)74(66(56)46-52)63-27-11-16-32-71(63)78-72-33-17-12-28-64(72)74/h1-46H. The fraction of sp³-hybridized carbons (Fsp3) is 0.0270. The summed E-state index contributed by atoms with van der Waals surface area (Å²) in [6.45, 7) is 0. The topological polar surface area (TPSA) is 8.17 Å². The fourth-order valence-electron chi connectivity index (χ4n) is 14.2. The van der Waals surface area contributed by atoms with Gasteiger partial charge in [-0.1, -0.05) is 218 Å². The number of aromatic nitrogens is 1. The summed E-state index contributed by atoms with van der Waals surface area (Å²) >= 11 is 3.78. The van der Waals surface area contributed by atoms with Crippen LogP contribution in [0.2, 0.25) is 0 Å². The van der Waals surface area contributed by atoms with Crippen LogP contribution >= 0.6 is 23.5 Å². The molecule has 0 saturated carbocycles. The van der Waals surface area contributed by atoms with E-state index in [0.717, 1.165) is 28.3 Å². The Morgan fingerprint density at radius 2 is 0.667 bits per heavy atom. The third-order valence-corrected chi connectivity index (χ3v) is 19.6. The smallest absolute Gasteiger partial charge is 0.0736 e. The highest BCUT2D eigenvalue weighted by molar-refractivity contribution is 7.99. The molecule has 0 unspecified atom stereocenters. The van der Waals surface area contributed by atoms with Crippen molar-refractivity contribution in [3.8, 4) is 39.1 Å². The summed E-state index contributed by atoms with van der Waals surface area (Å²) in [5.41, 5.74) is 23.9. The van der Waals surface area contributed by atoms with Gasteiger partial charge < -0.3 is 9.47 Å². The molecule has 2 aliphatic carbocycles. The Labute approximate surface area is 461 Å². The van der Waals surface area contributed by atoms with Crippen molar-refractivity contribution in [2.75, 3.05) is 4.90 Å². The second-order valence-corrected chi connectivity index (χ2v) is 23.2. The van der Waals surface area contributed by atoms with Crippen LogP contribution in [0.3, 0.4) is 0 Å². The highest BCUT2D eigenvalue weighted by Crippen LogP contribution is 2.65. The van der Waals surface area contributed by atoms with Gasteiger partial charge in [0.25, 0.3) is 0 Å². The second kappa shape index (κ2) is 16.7. The third kappa shape index (κ3) is 5.96. The number of anilines is 3. The van der Waals surface area contributed by atoms with Crippen molar-refractivity contribution >= 4 is 62.4 Å². The van der Waals surface area contributed by atoms with Gasteiger partial charge in [-0.3, -0.25) is 0 Å². The molecule has 4 aliphatic rings. The van der Waals surface area contributed by atoms with E-state index in [9.17, 15) is 0 Å². The van der Waals surface area contributed by atoms with E-state index in [-0.39, 0.29) is 0 Å². The molecule has 0 bridgehead atoms. The van der Waals surface area contributed by atoms with E-state index in [1.54, 1.807) is 0 Å². The summed E-state index contributed by atoms with van der Waals surface area (Å²) in [4.78, 5) is 7.73. The largest absolute Gasteiger partial charge is 0.310 e. The molecule has 12 aromatic carbocycles. The molecule has 0 saturated heterocycles. The van der Waals surface area contributed by atoms with Crippen LogP contribution in [0.25, 0.3) is 60.9 Å². The van der Waals surface area contributed by atoms with E-state index < -0.39 is 10.8 Å². The third-order valence-electron chi connectivity index (χ3n) is 17.3. The van der Waals surface area contributed by atoms with Crippen LogP contribution < -0.4 is 4.90 Å². The van der Waals surface area contributed by atoms with Gasteiger partial charge in [0.15, 0.2) is 0 Å². The lowest BCUT2D eigenvalue weighted by Gasteiger charge is -2.40. The van der Waals surface area contributed by atoms with Gasteiger partial charge in [-0.25, -0.2) is 0 Å². The number of benzene rings is 12. The van der Waals surface area contributed by atoms with E-state index in [4.69, 9.17) is 0 Å². The minimum Gasteiger partial charge on any atom is -0.310 e. The van der Waals surface area contributed by atoms with Gasteiger partial charge in [-0.2, -0.15) is 0 Å². The number of fused-ring (bicyclic) bond motifs is 21. The minimum atomic E-state index is -0.520. The Morgan fingerprint density at radius 3 is 1.19 bits per heavy atom. The van der Waals surface area contributed by atoms with Gasteiger partial charge in [0, 0.05) is 53.1 Å². The quantitative estimate of drug-likeness (QED) is 0.170. The van der Waals surface area contributed by atoms with Gasteiger partial charge in [0.2, 0.25) is 0 Å². The SMILES string of the molecule is c1ccc(-n2c3ccccc3c3ccc(-c4ccc(N(c5ccc6c(c5)C5(c7ccccc7Sc7ccccc75)c5ccccc5-6)c5ccc6c(c5)C5(c7ccccc7Sc7ccccc75)c5ccccc5-6)cc4)cc32)cc1. The maximum atomic E-state index is 2.53. The lowest BCUT2D eigenvalue weighted by molar-refractivity contribution is 0.721. The summed E-state index contributed by atoms with van der Waals surface area (Å²) in [6, 6.07) is 105. The van der Waals surface area contributed by atoms with Gasteiger partial charge in [0.1, 0.15) is 0 Å². The van der Waals surface area contributed by atoms with E-state index in [0.29, 0.717) is 0 Å². The summed E-state index contributed by atoms with van der Waals surface area (Å²) < 4.78 is 2.41. The molecule has 0 radical (unpaired) electrons. The first kappa shape index (κ1) is 44.1. The molecule has 4 heteroatoms. The van der Waals surface area contributed by atoms with Crippen LogP contribution in [-0.2, 0) is 10.8 Å². The van der Waals surface area contributed by atoms with Crippen molar-refractivity contribution < 1.29 is 0 Å². The Hall–Kier alpha value is -9.06. The molecular weight excluding hydrogens is 981 g/mol. The fourth-order valence-corrected chi connectivity index (χ4v) is 16.6. The van der Waals surface area contributed by atoms with Crippen molar-refractivity contribution in [3.05, 3.63) is 324 Å². The minimum absolute atomic E-state index is 0.520. The van der Waals surface area contributed by atoms with E-state index in [1.165, 1.54) is 114 Å². The second-order valence-electron chi connectivity index (χ2n) is 21.0. The van der Waals surface area contributed by atoms with Crippen molar-refractivity contribution in [2.45, 2.75) is 30.4 Å². The molecular formula is C74H46N2S2. The first-order chi connectivity index (χ1) is 38.7. The molecule has 13 aromatic rings. The van der Waals surface area contributed by atoms with Gasteiger partial charge in [-0.05, 0) is 163 Å². The summed E-state index contributed by atoms with van der Waals surface area (Å²) in [5.74, 6) is 0. The van der Waals surface area contributed by atoms with E-state index >= 15 is 0 Å². The lowest BCUT2D eigenvalue weighted by Crippen LogP contribution is -2.32. The van der Waals surface area contributed by atoms with Crippen molar-refractivity contribution in [1.82, 2.24) is 4.57 Å². The van der Waals surface area contributed by atoms with E-state index in [2.05, 4.69) is 289 Å². The van der Waals surface area contributed by atoms with Gasteiger partial charge in [0.05, 0.1) is 21.9 Å². The maximum absolute atomic E-state index is 2.53. The molecule has 0 atom stereocenters. The molecule has 0 N–H and O–H groups in total. The van der Waals surface area contributed by atoms with Crippen LogP contribution in [0.15, 0.2) is 299 Å². The number of nitrogens with zero attached hydrogens (tertiary/aromatic N) is 2. The molecule has 3 heterocycles. The number of para-hydroxylation sites is 2. The molecule has 0 fully saturated rings. The average molecular weight is 1030 g/mol. The molecule has 1 aromatic heterocycles. The van der Waals surface area contributed by atoms with Crippen LogP contribution in [-0.4, -0.2) is 4.57 Å². The Balaban J connectivity index is 0.899. The van der Waals surface area contributed by atoms with Crippen LogP contribution in [0.1, 0.15) is 44.5 Å². The molecule has 2 nitrogen and oxygen atoms in total. The number of hydrogen-bond donors (Lipinski definition) is 0. The molecule has 2 spiro atoms. The summed E-state index contributed by atoms with van der Waals surface area (Å²) in [5, 5.41) is 2.50. The Bertz CT molecular complexity index is 4360. The van der Waals surface area contributed by atoms with Crippen LogP contribution in [0.5, 0.6) is 0 Å². The zero-order valence-electron chi connectivity index (χ0n) is 42.3. The first-order valence-corrected chi connectivity index (χ1v) is 28.5. The highest BCUT2D eigenvalue weighted by atomic mass is 32.2. The Morgan fingerprint density at radius 1 is 0.269 bits per heavy atom. The monoisotopic (exact) mass is 1030 g/mol. The van der Waals surface area contributed by atoms with Gasteiger partial charge in [-0.15, -0.1) is 0 Å². The highest BCUT2D eigenvalue weighted by Gasteiger charge is 2.52. The van der Waals surface area contributed by atoms with Crippen LogP contribution in [0.4, 0.5) is 17.1 Å². The normalized spacial score (nSPS) is 14.3. The maximum Gasteiger partial charge on any atom is 0.0736 e. The van der Waals surface area contributed by atoms with Gasteiger partial charge >= 0.3 is 0 Å².